The fourth-order valence-corrected chi connectivity index (χ4v) is 1.18. The van der Waals surface area contributed by atoms with Crippen molar-refractivity contribution in [2.75, 3.05) is 14.1 Å². The summed E-state index contributed by atoms with van der Waals surface area (Å²) in [5.41, 5.74) is -0.543. The Morgan fingerprint density at radius 3 is 2.27 bits per heavy atom. The maximum atomic E-state index is 13.4. The topological polar surface area (TPSA) is 20.3 Å². The Morgan fingerprint density at radius 2 is 1.80 bits per heavy atom. The molecule has 2 nitrogen and oxygen atoms in total. The van der Waals surface area contributed by atoms with Crippen molar-refractivity contribution < 1.29 is 9.18 Å². The number of carbonyl (C=O) groups excluding carboxylic acids is 1. The maximum absolute atomic E-state index is 13.4. The van der Waals surface area contributed by atoms with Crippen LogP contribution in [0.2, 0.25) is 0 Å². The summed E-state index contributed by atoms with van der Waals surface area (Å²) in [6.07, 6.45) is 0. The van der Waals surface area contributed by atoms with Crippen LogP contribution in [0.5, 0.6) is 0 Å². The van der Waals surface area contributed by atoms with Crippen LogP contribution >= 0.6 is 0 Å². The van der Waals surface area contributed by atoms with Gasteiger partial charge in [0.05, 0.1) is 11.1 Å². The van der Waals surface area contributed by atoms with Crippen LogP contribution in [-0.4, -0.2) is 30.3 Å². The summed E-state index contributed by atoms with van der Waals surface area (Å²) in [5, 5.41) is 0. The Bertz CT molecular complexity index is 372. The lowest BCUT2D eigenvalue weighted by Gasteiger charge is -2.30. The highest BCUT2D eigenvalue weighted by molar-refractivity contribution is 6.02. The Morgan fingerprint density at radius 1 is 1.27 bits per heavy atom. The van der Waals surface area contributed by atoms with Crippen molar-refractivity contribution in [3.63, 3.8) is 0 Å². The van der Waals surface area contributed by atoms with E-state index in [0.717, 1.165) is 0 Å². The molecule has 0 atom stereocenters. The minimum absolute atomic E-state index is 0.149. The van der Waals surface area contributed by atoms with Crippen molar-refractivity contribution in [1.82, 2.24) is 4.90 Å². The smallest absolute Gasteiger partial charge is 0.185 e. The number of ketones is 1. The van der Waals surface area contributed by atoms with Gasteiger partial charge in [0.15, 0.2) is 5.78 Å². The van der Waals surface area contributed by atoms with Crippen LogP contribution in [0.4, 0.5) is 4.39 Å². The zero-order valence-corrected chi connectivity index (χ0v) is 9.54. The average molecular weight is 209 g/mol. The van der Waals surface area contributed by atoms with Crippen molar-refractivity contribution in [1.29, 1.82) is 0 Å². The van der Waals surface area contributed by atoms with Crippen LogP contribution in [0, 0.1) is 5.82 Å². The molecule has 0 N–H and O–H groups in total. The van der Waals surface area contributed by atoms with E-state index in [1.165, 1.54) is 12.1 Å². The molecule has 1 aromatic carbocycles. The Kier molecular flexibility index (Phi) is 3.25. The maximum Gasteiger partial charge on any atom is 0.185 e. The molecule has 15 heavy (non-hydrogen) atoms. The molecule has 0 radical (unpaired) electrons. The first-order chi connectivity index (χ1) is 6.87. The second kappa shape index (κ2) is 4.11. The van der Waals surface area contributed by atoms with Gasteiger partial charge in [0.1, 0.15) is 5.82 Å². The van der Waals surface area contributed by atoms with Gasteiger partial charge in [-0.3, -0.25) is 9.69 Å². The quantitative estimate of drug-likeness (QED) is 0.712. The number of benzene rings is 1. The van der Waals surface area contributed by atoms with Gasteiger partial charge in [-0.25, -0.2) is 4.39 Å². The molecule has 0 aromatic heterocycles. The number of Topliss-reactive ketones (excluding diaryl/α,β-unsaturated/α-hetero) is 1. The zero-order chi connectivity index (χ0) is 11.6. The fourth-order valence-electron chi connectivity index (χ4n) is 1.18. The highest BCUT2D eigenvalue weighted by Gasteiger charge is 2.32. The van der Waals surface area contributed by atoms with E-state index in [1.807, 2.05) is 0 Å². The van der Waals surface area contributed by atoms with Crippen LogP contribution < -0.4 is 0 Å². The van der Waals surface area contributed by atoms with Gasteiger partial charge < -0.3 is 0 Å². The van der Waals surface area contributed by atoms with Gasteiger partial charge >= 0.3 is 0 Å². The summed E-state index contributed by atoms with van der Waals surface area (Å²) in [7, 11) is 3.61. The lowest BCUT2D eigenvalue weighted by molar-refractivity contribution is 0.0751. The summed E-state index contributed by atoms with van der Waals surface area (Å²) in [4.78, 5) is 13.8. The van der Waals surface area contributed by atoms with E-state index in [4.69, 9.17) is 0 Å². The number of halogens is 1. The molecule has 0 bridgehead atoms. The lowest BCUT2D eigenvalue weighted by atomic mass is 9.92. The van der Waals surface area contributed by atoms with Gasteiger partial charge in [0.25, 0.3) is 0 Å². The van der Waals surface area contributed by atoms with Crippen molar-refractivity contribution in [2.24, 2.45) is 0 Å². The highest BCUT2D eigenvalue weighted by Crippen LogP contribution is 2.19. The van der Waals surface area contributed by atoms with Crippen LogP contribution in [-0.2, 0) is 0 Å². The van der Waals surface area contributed by atoms with Crippen molar-refractivity contribution in [3.05, 3.63) is 35.6 Å². The molecule has 0 saturated carbocycles. The van der Waals surface area contributed by atoms with Crippen LogP contribution in [0.15, 0.2) is 24.3 Å². The molecule has 0 aliphatic heterocycles. The van der Waals surface area contributed by atoms with Crippen LogP contribution in [0.3, 0.4) is 0 Å². The molecular formula is C12H16FNO. The van der Waals surface area contributed by atoms with E-state index in [0.29, 0.717) is 0 Å². The van der Waals surface area contributed by atoms with E-state index in [9.17, 15) is 9.18 Å². The number of nitrogens with zero attached hydrogens (tertiary/aromatic N) is 1. The molecule has 0 aliphatic rings. The van der Waals surface area contributed by atoms with Gasteiger partial charge in [0.2, 0.25) is 0 Å². The predicted molar refractivity (Wildman–Crippen MR) is 58.5 cm³/mol. The van der Waals surface area contributed by atoms with E-state index in [2.05, 4.69) is 0 Å². The SMILES string of the molecule is CN(C)C(C)(C)C(=O)c1ccccc1F. The van der Waals surface area contributed by atoms with E-state index < -0.39 is 11.4 Å². The molecule has 3 heteroatoms. The van der Waals surface area contributed by atoms with E-state index >= 15 is 0 Å². The third kappa shape index (κ3) is 2.23. The van der Waals surface area contributed by atoms with Gasteiger partial charge in [-0.15, -0.1) is 0 Å². The molecule has 1 aromatic rings. The molecular weight excluding hydrogens is 193 g/mol. The number of hydrogen-bond donors (Lipinski definition) is 0. The molecule has 0 aliphatic carbocycles. The first kappa shape index (κ1) is 11.9. The van der Waals surface area contributed by atoms with Crippen molar-refractivity contribution >= 4 is 5.78 Å². The minimum atomic E-state index is -0.692. The predicted octanol–water partition coefficient (Wildman–Crippen LogP) is 2.35. The lowest BCUT2D eigenvalue weighted by Crippen LogP contribution is -2.46. The Labute approximate surface area is 89.7 Å². The third-order valence-corrected chi connectivity index (χ3v) is 2.79. The Hall–Kier alpha value is -1.22. The molecule has 82 valence electrons. The number of carbonyl (C=O) groups is 1. The zero-order valence-electron chi connectivity index (χ0n) is 9.54. The van der Waals surface area contributed by atoms with Crippen LogP contribution in [0.1, 0.15) is 24.2 Å². The average Bonchev–Trinajstić information content (AvgIpc) is 2.17. The molecule has 0 heterocycles. The summed E-state index contributed by atoms with van der Waals surface area (Å²) in [5.74, 6) is -0.664. The summed E-state index contributed by atoms with van der Waals surface area (Å²) in [6.45, 7) is 3.56. The molecule has 0 fully saturated rings. The first-order valence-electron chi connectivity index (χ1n) is 4.84. The van der Waals surface area contributed by atoms with Crippen molar-refractivity contribution in [3.8, 4) is 0 Å². The molecule has 0 saturated heterocycles. The molecule has 0 unspecified atom stereocenters. The van der Waals surface area contributed by atoms with Gasteiger partial charge in [0, 0.05) is 0 Å². The van der Waals surface area contributed by atoms with E-state index in [1.54, 1.807) is 45.0 Å². The molecule has 1 rings (SSSR count). The first-order valence-corrected chi connectivity index (χ1v) is 4.84. The second-order valence-corrected chi connectivity index (χ2v) is 4.26. The summed E-state index contributed by atoms with van der Waals surface area (Å²) < 4.78 is 13.4. The third-order valence-electron chi connectivity index (χ3n) is 2.79. The van der Waals surface area contributed by atoms with Gasteiger partial charge in [-0.1, -0.05) is 12.1 Å². The van der Waals surface area contributed by atoms with E-state index in [-0.39, 0.29) is 11.3 Å². The molecule has 0 spiro atoms. The fraction of sp³-hybridized carbons (Fsp3) is 0.417. The summed E-state index contributed by atoms with van der Waals surface area (Å²) >= 11 is 0. The number of hydrogen-bond acceptors (Lipinski definition) is 2. The van der Waals surface area contributed by atoms with Gasteiger partial charge in [-0.2, -0.15) is 0 Å². The summed E-state index contributed by atoms with van der Waals surface area (Å²) in [6, 6.07) is 6.07. The second-order valence-electron chi connectivity index (χ2n) is 4.26. The normalized spacial score (nSPS) is 11.9. The van der Waals surface area contributed by atoms with Gasteiger partial charge in [-0.05, 0) is 40.1 Å². The number of likely N-dealkylation sites (N-methyl/N-ethyl adjacent to an activating group) is 1. The monoisotopic (exact) mass is 209 g/mol. The number of rotatable bonds is 3. The minimum Gasteiger partial charge on any atom is -0.297 e. The van der Waals surface area contributed by atoms with Crippen molar-refractivity contribution in [2.45, 2.75) is 19.4 Å². The standard InChI is InChI=1S/C12H16FNO/c1-12(2,14(3)4)11(15)9-7-5-6-8-10(9)13/h5-8H,1-4H3. The van der Waals surface area contributed by atoms with Crippen LogP contribution in [0.25, 0.3) is 0 Å². The molecule has 0 amide bonds. The Balaban J connectivity index is 3.11. The highest BCUT2D eigenvalue weighted by atomic mass is 19.1. The largest absolute Gasteiger partial charge is 0.297 e.